The predicted molar refractivity (Wildman–Crippen MR) is 216 cm³/mol. The largest absolute Gasteiger partial charge is 0.506 e. The third-order valence-corrected chi connectivity index (χ3v) is 9.61. The monoisotopic (exact) mass is 776 g/mol. The van der Waals surface area contributed by atoms with E-state index in [0.717, 1.165) is 29.5 Å². The molecule has 2 amide bonds. The van der Waals surface area contributed by atoms with Crippen molar-refractivity contribution in [1.29, 1.82) is 0 Å². The van der Waals surface area contributed by atoms with Crippen molar-refractivity contribution in [2.75, 3.05) is 16.8 Å². The van der Waals surface area contributed by atoms with Gasteiger partial charge in [0.05, 0.1) is 34.9 Å². The topological polar surface area (TPSA) is 194 Å². The number of pyridine rings is 2. The van der Waals surface area contributed by atoms with Crippen LogP contribution in [0.2, 0.25) is 0 Å². The summed E-state index contributed by atoms with van der Waals surface area (Å²) in [6.45, 7) is 0.579. The Morgan fingerprint density at radius 1 is 0.963 bits per heavy atom. The van der Waals surface area contributed by atoms with E-state index in [0.29, 0.717) is 60.2 Å². The molecule has 8 N–H and O–H groups in total. The van der Waals surface area contributed by atoms with Crippen LogP contribution in [0, 0.1) is 0 Å². The van der Waals surface area contributed by atoms with Gasteiger partial charge in [0.25, 0.3) is 0 Å². The number of halogens is 2. The predicted octanol–water partition coefficient (Wildman–Crippen LogP) is 6.68. The number of carboxylic acid groups (broad SMARTS) is 1. The van der Waals surface area contributed by atoms with Crippen molar-refractivity contribution in [2.24, 2.45) is 5.73 Å². The normalized spacial score (nSPS) is 15.7. The van der Waals surface area contributed by atoms with E-state index in [4.69, 9.17) is 5.73 Å². The summed E-state index contributed by atoms with van der Waals surface area (Å²) in [7, 11) is 0. The van der Waals surface area contributed by atoms with E-state index in [1.807, 2.05) is 48.5 Å². The minimum atomic E-state index is -0.982. The number of hydrogen-bond donors (Lipinski definition) is 7. The van der Waals surface area contributed by atoms with Gasteiger partial charge in [-0.25, -0.2) is 4.79 Å². The van der Waals surface area contributed by atoms with E-state index in [1.54, 1.807) is 30.5 Å². The minimum Gasteiger partial charge on any atom is -0.506 e. The molecular weight excluding hydrogens is 731 g/mol. The average Bonchev–Trinajstić information content (AvgIpc) is 3.14. The first-order valence-electron chi connectivity index (χ1n) is 17.6. The summed E-state index contributed by atoms with van der Waals surface area (Å²) in [6, 6.07) is 25.2. The van der Waals surface area contributed by atoms with Gasteiger partial charge in [0.1, 0.15) is 5.75 Å². The van der Waals surface area contributed by atoms with E-state index < -0.39 is 12.2 Å². The maximum Gasteiger partial charge on any atom is 0.412 e. The minimum absolute atomic E-state index is 0. The van der Waals surface area contributed by atoms with Gasteiger partial charge in [0, 0.05) is 48.6 Å². The van der Waals surface area contributed by atoms with Crippen molar-refractivity contribution in [3.05, 3.63) is 118 Å². The second-order valence-electron chi connectivity index (χ2n) is 13.3. The quantitative estimate of drug-likeness (QED) is 0.0683. The lowest BCUT2D eigenvalue weighted by atomic mass is 9.89. The Balaban J connectivity index is 0.00000325. The van der Waals surface area contributed by atoms with Gasteiger partial charge < -0.3 is 36.7 Å². The Kier molecular flexibility index (Phi) is 15.0. The number of H-pyrrole nitrogens is 1. The van der Waals surface area contributed by atoms with Gasteiger partial charge in [-0.3, -0.25) is 19.5 Å². The van der Waals surface area contributed by atoms with Crippen molar-refractivity contribution in [2.45, 2.75) is 69.7 Å². The first-order valence-corrected chi connectivity index (χ1v) is 17.6. The number of carbonyl (C=O) groups is 2. The lowest BCUT2D eigenvalue weighted by Crippen LogP contribution is -2.44. The number of carbonyl (C=O) groups excluding carboxylic acids is 1. The summed E-state index contributed by atoms with van der Waals surface area (Å²) in [5.74, 6) is -0.217. The zero-order chi connectivity index (χ0) is 36.6. The standard InChI is InChI=1S/C40H44N6O6.2ClH/c41-27-10-14-30(15-11-27)46(40(51)52)34-21-25(9-16-31(34)26-6-2-1-3-7-26)5-4-8-37(49)44-29-13-12-28(43-23-29)22-42-24-36(48)32-17-19-35(47)39-33(32)18-20-38(50)45-39;;/h1-3,6-7,9,12-13,16-21,23,27,30,36,42,47-48H,4-5,8,10-11,14-15,22,24,41H2,(H,44,49)(H,45,50)(H,51,52);2*1H/t27-,30-,36-;;/m0../s1. The second-order valence-corrected chi connectivity index (χ2v) is 13.3. The second kappa shape index (κ2) is 19.4. The molecule has 2 aromatic heterocycles. The average molecular weight is 778 g/mol. The molecule has 286 valence electrons. The molecule has 1 fully saturated rings. The summed E-state index contributed by atoms with van der Waals surface area (Å²) in [5.41, 5.74) is 11.3. The molecule has 5 aromatic rings. The van der Waals surface area contributed by atoms with Gasteiger partial charge in [-0.1, -0.05) is 48.5 Å². The number of aromatic hydroxyl groups is 1. The molecule has 12 nitrogen and oxygen atoms in total. The van der Waals surface area contributed by atoms with Crippen molar-refractivity contribution in [1.82, 2.24) is 15.3 Å². The van der Waals surface area contributed by atoms with E-state index in [2.05, 4.69) is 20.6 Å². The number of anilines is 2. The van der Waals surface area contributed by atoms with Crippen molar-refractivity contribution >= 4 is 59.1 Å². The first-order chi connectivity index (χ1) is 25.2. The maximum absolute atomic E-state index is 12.8. The zero-order valence-corrected chi connectivity index (χ0v) is 31.2. The van der Waals surface area contributed by atoms with Gasteiger partial charge >= 0.3 is 6.09 Å². The number of aliphatic hydroxyl groups is 1. The zero-order valence-electron chi connectivity index (χ0n) is 29.6. The Hall–Kier alpha value is -4.98. The first kappa shape index (κ1) is 41.8. The molecule has 14 heteroatoms. The Morgan fingerprint density at radius 3 is 2.43 bits per heavy atom. The summed E-state index contributed by atoms with van der Waals surface area (Å²) in [6.07, 6.45) is 4.16. The highest BCUT2D eigenvalue weighted by Crippen LogP contribution is 2.36. The summed E-state index contributed by atoms with van der Waals surface area (Å²) in [4.78, 5) is 45.7. The van der Waals surface area contributed by atoms with Crippen LogP contribution in [0.15, 0.2) is 95.9 Å². The highest BCUT2D eigenvalue weighted by atomic mass is 35.5. The van der Waals surface area contributed by atoms with Gasteiger partial charge in [0.15, 0.2) is 0 Å². The number of amides is 2. The van der Waals surface area contributed by atoms with Crippen molar-refractivity contribution < 1.29 is 24.9 Å². The molecule has 1 aliphatic rings. The molecule has 0 radical (unpaired) electrons. The van der Waals surface area contributed by atoms with Crippen molar-refractivity contribution in [3.63, 3.8) is 0 Å². The Labute approximate surface area is 325 Å². The molecule has 1 aliphatic carbocycles. The molecule has 0 aliphatic heterocycles. The van der Waals surface area contributed by atoms with Gasteiger partial charge in [-0.15, -0.1) is 24.8 Å². The lowest BCUT2D eigenvalue weighted by Gasteiger charge is -2.35. The molecule has 0 unspecified atom stereocenters. The van der Waals surface area contributed by atoms with Crippen molar-refractivity contribution in [3.8, 4) is 16.9 Å². The fraction of sp³-hybridized carbons (Fsp3) is 0.300. The molecule has 0 bridgehead atoms. The van der Waals surface area contributed by atoms with Crippen LogP contribution in [0.1, 0.15) is 61.4 Å². The Morgan fingerprint density at radius 2 is 1.72 bits per heavy atom. The number of hydrogen-bond acceptors (Lipinski definition) is 8. The SMILES string of the molecule is Cl.Cl.N[C@H]1CC[C@H](N(C(=O)O)c2cc(CCCC(=O)Nc3ccc(CNC[C@H](O)c4ccc(O)c5[nH]c(=O)ccc45)nc3)ccc2-c2ccccc2)CC1. The third kappa shape index (κ3) is 10.4. The van der Waals surface area contributed by atoms with Crippen LogP contribution in [0.5, 0.6) is 5.75 Å². The number of phenols is 1. The van der Waals surface area contributed by atoms with Crippen LogP contribution >= 0.6 is 24.8 Å². The van der Waals surface area contributed by atoms with E-state index >= 15 is 0 Å². The molecule has 3 aromatic carbocycles. The fourth-order valence-electron chi connectivity index (χ4n) is 6.89. The number of rotatable bonds is 13. The van der Waals surface area contributed by atoms with E-state index in [-0.39, 0.29) is 72.6 Å². The lowest BCUT2D eigenvalue weighted by molar-refractivity contribution is -0.116. The van der Waals surface area contributed by atoms with Crippen LogP contribution in [-0.4, -0.2) is 55.9 Å². The molecular formula is C40H46Cl2N6O6. The van der Waals surface area contributed by atoms with Crippen LogP contribution < -0.4 is 26.8 Å². The van der Waals surface area contributed by atoms with Gasteiger partial charge in [-0.05, 0) is 85.5 Å². The Bertz CT molecular complexity index is 2070. The van der Waals surface area contributed by atoms with Gasteiger partial charge in [0.2, 0.25) is 11.5 Å². The molecule has 54 heavy (non-hydrogen) atoms. The van der Waals surface area contributed by atoms with Gasteiger partial charge in [-0.2, -0.15) is 0 Å². The summed E-state index contributed by atoms with van der Waals surface area (Å²) >= 11 is 0. The maximum atomic E-state index is 12.8. The summed E-state index contributed by atoms with van der Waals surface area (Å²) < 4.78 is 0. The van der Waals surface area contributed by atoms with Crippen LogP contribution in [-0.2, 0) is 17.8 Å². The smallest absolute Gasteiger partial charge is 0.412 e. The highest BCUT2D eigenvalue weighted by Gasteiger charge is 2.30. The molecule has 2 heterocycles. The number of nitrogens with two attached hydrogens (primary N) is 1. The summed E-state index contributed by atoms with van der Waals surface area (Å²) in [5, 5.41) is 37.9. The number of fused-ring (bicyclic) bond motifs is 1. The molecule has 1 atom stereocenters. The molecule has 6 rings (SSSR count). The number of aromatic nitrogens is 2. The molecule has 1 saturated carbocycles. The van der Waals surface area contributed by atoms with Crippen LogP contribution in [0.25, 0.3) is 22.0 Å². The van der Waals surface area contributed by atoms with E-state index in [9.17, 15) is 29.7 Å². The number of nitrogens with one attached hydrogen (secondary N) is 3. The molecule has 0 saturated heterocycles. The third-order valence-electron chi connectivity index (χ3n) is 9.61. The number of aromatic amines is 1. The highest BCUT2D eigenvalue weighted by molar-refractivity contribution is 5.94. The van der Waals surface area contributed by atoms with E-state index in [1.165, 1.54) is 17.0 Å². The van der Waals surface area contributed by atoms with Crippen LogP contribution in [0.4, 0.5) is 16.2 Å². The number of benzene rings is 3. The number of aliphatic hydroxyl groups excluding tert-OH is 1. The number of phenolic OH excluding ortho intramolecular Hbond substituents is 1. The molecule has 0 spiro atoms. The number of aryl methyl sites for hydroxylation is 1. The fourth-order valence-corrected chi connectivity index (χ4v) is 6.89. The van der Waals surface area contributed by atoms with Crippen LogP contribution in [0.3, 0.4) is 0 Å². The number of nitrogens with zero attached hydrogens (tertiary/aromatic N) is 2.